The highest BCUT2D eigenvalue weighted by Gasteiger charge is 2.14. The van der Waals surface area contributed by atoms with E-state index in [1.165, 1.54) is 0 Å². The number of hydrogen-bond donors (Lipinski definition) is 2. The van der Waals surface area contributed by atoms with E-state index in [0.717, 1.165) is 11.1 Å². The van der Waals surface area contributed by atoms with Gasteiger partial charge >= 0.3 is 0 Å². The van der Waals surface area contributed by atoms with E-state index >= 15 is 0 Å². The first-order chi connectivity index (χ1) is 13.7. The zero-order valence-electron chi connectivity index (χ0n) is 17.8. The van der Waals surface area contributed by atoms with Crippen LogP contribution >= 0.6 is 0 Å². The van der Waals surface area contributed by atoms with Gasteiger partial charge in [0.25, 0.3) is 5.91 Å². The first-order valence-corrected chi connectivity index (χ1v) is 9.69. The highest BCUT2D eigenvalue weighted by atomic mass is 16.5. The van der Waals surface area contributed by atoms with Crippen LogP contribution in [0.1, 0.15) is 49.2 Å². The second-order valence-electron chi connectivity index (χ2n) is 7.70. The SMILES string of the molecule is CCOc1ccc(CNC(=O)CNC(=O)c2ccc(C(C)(C)C)cc2)cc1OC. The van der Waals surface area contributed by atoms with Crippen LogP contribution in [0, 0.1) is 0 Å². The van der Waals surface area contributed by atoms with Crippen LogP contribution in [0.2, 0.25) is 0 Å². The first-order valence-electron chi connectivity index (χ1n) is 9.69. The molecule has 6 nitrogen and oxygen atoms in total. The molecule has 0 aliphatic rings. The normalized spacial score (nSPS) is 10.9. The van der Waals surface area contributed by atoms with E-state index in [2.05, 4.69) is 31.4 Å². The van der Waals surface area contributed by atoms with Crippen molar-refractivity contribution in [3.63, 3.8) is 0 Å². The van der Waals surface area contributed by atoms with Gasteiger partial charge in [-0.25, -0.2) is 0 Å². The van der Waals surface area contributed by atoms with Crippen molar-refractivity contribution in [2.24, 2.45) is 0 Å². The van der Waals surface area contributed by atoms with E-state index in [0.29, 0.717) is 30.2 Å². The molecule has 0 radical (unpaired) electrons. The maximum atomic E-state index is 12.2. The molecule has 2 aromatic carbocycles. The molecule has 0 unspecified atom stereocenters. The molecule has 29 heavy (non-hydrogen) atoms. The third kappa shape index (κ3) is 6.52. The highest BCUT2D eigenvalue weighted by Crippen LogP contribution is 2.28. The Balaban J connectivity index is 1.84. The van der Waals surface area contributed by atoms with Gasteiger partial charge in [-0.05, 0) is 47.7 Å². The van der Waals surface area contributed by atoms with Crippen molar-refractivity contribution in [1.82, 2.24) is 10.6 Å². The number of hydrogen-bond acceptors (Lipinski definition) is 4. The molecule has 0 heterocycles. The zero-order valence-corrected chi connectivity index (χ0v) is 17.8. The summed E-state index contributed by atoms with van der Waals surface area (Å²) in [5.41, 5.74) is 2.58. The highest BCUT2D eigenvalue weighted by molar-refractivity contribution is 5.96. The molecule has 0 aliphatic carbocycles. The molecule has 0 aromatic heterocycles. The molecule has 0 aliphatic heterocycles. The molecule has 0 saturated heterocycles. The van der Waals surface area contributed by atoms with Gasteiger partial charge < -0.3 is 20.1 Å². The molecule has 0 atom stereocenters. The molecule has 2 rings (SSSR count). The van der Waals surface area contributed by atoms with E-state index in [-0.39, 0.29) is 23.8 Å². The number of rotatable bonds is 8. The number of carbonyl (C=O) groups is 2. The third-order valence-corrected chi connectivity index (χ3v) is 4.44. The molecule has 156 valence electrons. The average Bonchev–Trinajstić information content (AvgIpc) is 2.70. The van der Waals surface area contributed by atoms with E-state index in [9.17, 15) is 9.59 Å². The molecular weight excluding hydrogens is 368 g/mol. The van der Waals surface area contributed by atoms with Crippen molar-refractivity contribution >= 4 is 11.8 Å². The van der Waals surface area contributed by atoms with Gasteiger partial charge in [-0.15, -0.1) is 0 Å². The number of carbonyl (C=O) groups excluding carboxylic acids is 2. The van der Waals surface area contributed by atoms with Crippen LogP contribution in [0.5, 0.6) is 11.5 Å². The predicted molar refractivity (Wildman–Crippen MR) is 113 cm³/mol. The lowest BCUT2D eigenvalue weighted by Gasteiger charge is -2.19. The number of amides is 2. The summed E-state index contributed by atoms with van der Waals surface area (Å²) in [5.74, 6) is 0.737. The lowest BCUT2D eigenvalue weighted by Crippen LogP contribution is -2.36. The summed E-state index contributed by atoms with van der Waals surface area (Å²) in [7, 11) is 1.57. The first kappa shape index (κ1) is 22.3. The van der Waals surface area contributed by atoms with E-state index in [4.69, 9.17) is 9.47 Å². The summed E-state index contributed by atoms with van der Waals surface area (Å²) in [6.07, 6.45) is 0. The Kier molecular flexibility index (Phi) is 7.65. The van der Waals surface area contributed by atoms with Gasteiger partial charge in [0, 0.05) is 12.1 Å². The van der Waals surface area contributed by atoms with Gasteiger partial charge in [-0.3, -0.25) is 9.59 Å². The van der Waals surface area contributed by atoms with Crippen molar-refractivity contribution in [3.05, 3.63) is 59.2 Å². The molecular formula is C23H30N2O4. The monoisotopic (exact) mass is 398 g/mol. The van der Waals surface area contributed by atoms with Gasteiger partial charge in [-0.1, -0.05) is 39.0 Å². The smallest absolute Gasteiger partial charge is 0.251 e. The van der Waals surface area contributed by atoms with Crippen LogP contribution in [-0.4, -0.2) is 32.1 Å². The van der Waals surface area contributed by atoms with Gasteiger partial charge in [0.1, 0.15) is 0 Å². The lowest BCUT2D eigenvalue weighted by molar-refractivity contribution is -0.120. The van der Waals surface area contributed by atoms with Gasteiger partial charge in [-0.2, -0.15) is 0 Å². The van der Waals surface area contributed by atoms with Crippen LogP contribution in [0.4, 0.5) is 0 Å². The average molecular weight is 399 g/mol. The molecule has 6 heteroatoms. The summed E-state index contributed by atoms with van der Waals surface area (Å²) in [4.78, 5) is 24.3. The Morgan fingerprint density at radius 3 is 2.24 bits per heavy atom. The fraction of sp³-hybridized carbons (Fsp3) is 0.391. The van der Waals surface area contributed by atoms with Crippen LogP contribution in [-0.2, 0) is 16.8 Å². The van der Waals surface area contributed by atoms with Gasteiger partial charge in [0.15, 0.2) is 11.5 Å². The minimum absolute atomic E-state index is 0.0262. The van der Waals surface area contributed by atoms with Crippen LogP contribution < -0.4 is 20.1 Å². The summed E-state index contributed by atoms with van der Waals surface area (Å²) in [6, 6.07) is 12.9. The maximum absolute atomic E-state index is 12.2. The molecule has 0 fully saturated rings. The second-order valence-corrected chi connectivity index (χ2v) is 7.70. The summed E-state index contributed by atoms with van der Waals surface area (Å²) in [6.45, 7) is 9.04. The summed E-state index contributed by atoms with van der Waals surface area (Å²) >= 11 is 0. The minimum Gasteiger partial charge on any atom is -0.493 e. The van der Waals surface area contributed by atoms with E-state index in [1.54, 1.807) is 19.2 Å². The number of benzene rings is 2. The Bertz CT molecular complexity index is 839. The Hall–Kier alpha value is -3.02. The summed E-state index contributed by atoms with van der Waals surface area (Å²) in [5, 5.41) is 5.43. The third-order valence-electron chi connectivity index (χ3n) is 4.44. The van der Waals surface area contributed by atoms with Crippen molar-refractivity contribution in [1.29, 1.82) is 0 Å². The Morgan fingerprint density at radius 1 is 0.966 bits per heavy atom. The minimum atomic E-state index is -0.275. The van der Waals surface area contributed by atoms with E-state index in [1.807, 2.05) is 37.3 Å². The summed E-state index contributed by atoms with van der Waals surface area (Å²) < 4.78 is 10.8. The molecule has 0 spiro atoms. The quantitative estimate of drug-likeness (QED) is 0.714. The van der Waals surface area contributed by atoms with Gasteiger partial charge in [0.05, 0.1) is 20.3 Å². The fourth-order valence-electron chi connectivity index (χ4n) is 2.74. The van der Waals surface area contributed by atoms with Gasteiger partial charge in [0.2, 0.25) is 5.91 Å². The second kappa shape index (κ2) is 9.96. The Morgan fingerprint density at radius 2 is 1.66 bits per heavy atom. The molecule has 2 aromatic rings. The van der Waals surface area contributed by atoms with Crippen LogP contribution in [0.25, 0.3) is 0 Å². The van der Waals surface area contributed by atoms with Crippen LogP contribution in [0.3, 0.4) is 0 Å². The number of nitrogens with one attached hydrogen (secondary N) is 2. The number of ether oxygens (including phenoxy) is 2. The van der Waals surface area contributed by atoms with Crippen molar-refractivity contribution < 1.29 is 19.1 Å². The molecule has 0 bridgehead atoms. The lowest BCUT2D eigenvalue weighted by atomic mass is 9.87. The topological polar surface area (TPSA) is 76.7 Å². The van der Waals surface area contributed by atoms with Crippen molar-refractivity contribution in [2.75, 3.05) is 20.3 Å². The molecule has 0 saturated carbocycles. The molecule has 2 amide bonds. The Labute approximate surface area is 172 Å². The predicted octanol–water partition coefficient (Wildman–Crippen LogP) is 3.44. The van der Waals surface area contributed by atoms with Crippen LogP contribution in [0.15, 0.2) is 42.5 Å². The largest absolute Gasteiger partial charge is 0.493 e. The standard InChI is InChI=1S/C23H30N2O4/c1-6-29-19-12-7-16(13-20(19)28-5)14-24-21(26)15-25-22(27)17-8-10-18(11-9-17)23(2,3)4/h7-13H,6,14-15H2,1-5H3,(H,24,26)(H,25,27). The maximum Gasteiger partial charge on any atom is 0.251 e. The molecule has 2 N–H and O–H groups in total. The zero-order chi connectivity index (χ0) is 21.4. The van der Waals surface area contributed by atoms with Crippen molar-refractivity contribution in [3.8, 4) is 11.5 Å². The number of methoxy groups -OCH3 is 1. The van der Waals surface area contributed by atoms with E-state index < -0.39 is 0 Å². The van der Waals surface area contributed by atoms with Crippen molar-refractivity contribution in [2.45, 2.75) is 39.7 Å². The fourth-order valence-corrected chi connectivity index (χ4v) is 2.74.